The summed E-state index contributed by atoms with van der Waals surface area (Å²) in [4.78, 5) is 22.5. The zero-order valence-corrected chi connectivity index (χ0v) is 14.7. The Bertz CT molecular complexity index is 485. The first-order valence-electron chi connectivity index (χ1n) is 8.16. The molecule has 0 radical (unpaired) electrons. The molecule has 0 aliphatic carbocycles. The van der Waals surface area contributed by atoms with Crippen molar-refractivity contribution in [1.82, 2.24) is 10.2 Å². The highest BCUT2D eigenvalue weighted by molar-refractivity contribution is 6.42. The molecule has 7 nitrogen and oxygen atoms in total. The van der Waals surface area contributed by atoms with Crippen molar-refractivity contribution in [2.75, 3.05) is 27.2 Å². The van der Waals surface area contributed by atoms with Crippen molar-refractivity contribution < 1.29 is 4.79 Å². The number of nitrogens with one attached hydrogen (secondary N) is 2. The maximum atomic E-state index is 12.0. The van der Waals surface area contributed by atoms with Crippen molar-refractivity contribution in [3.63, 3.8) is 0 Å². The molecule has 0 saturated carbocycles. The van der Waals surface area contributed by atoms with E-state index in [1.807, 2.05) is 11.8 Å². The molecule has 1 fully saturated rings. The largest absolute Gasteiger partial charge is 0.360 e. The van der Waals surface area contributed by atoms with E-state index in [-0.39, 0.29) is 12.3 Å². The third-order valence-corrected chi connectivity index (χ3v) is 4.07. The number of nitrogens with two attached hydrogens (primary N) is 1. The Kier molecular flexibility index (Phi) is 7.88. The van der Waals surface area contributed by atoms with Crippen LogP contribution in [0.25, 0.3) is 0 Å². The van der Waals surface area contributed by atoms with Gasteiger partial charge in [-0.1, -0.05) is 6.92 Å². The van der Waals surface area contributed by atoms with Crippen LogP contribution in [0.1, 0.15) is 39.5 Å². The molecule has 0 aromatic rings. The lowest BCUT2D eigenvalue weighted by Gasteiger charge is -2.33. The fourth-order valence-electron chi connectivity index (χ4n) is 2.67. The van der Waals surface area contributed by atoms with Crippen molar-refractivity contribution in [2.24, 2.45) is 21.6 Å². The number of aliphatic imine (C=N–C) groups is 2. The van der Waals surface area contributed by atoms with Crippen LogP contribution in [0.5, 0.6) is 0 Å². The topological polar surface area (TPSA) is 107 Å². The Morgan fingerprint density at radius 3 is 2.78 bits per heavy atom. The van der Waals surface area contributed by atoms with E-state index < -0.39 is 6.17 Å². The number of carbonyl (C=O) groups is 1. The fraction of sp³-hybridized carbons (Fsp3) is 0.750. The molecule has 7 heteroatoms. The van der Waals surface area contributed by atoms with Gasteiger partial charge in [0.1, 0.15) is 17.7 Å². The SMILES string of the molecule is CN=C(C)CC(N)N=C(CC(=N)N1CCCC(C)C1)C(=O)NC. The standard InChI is InChI=1S/C16H30N6O/c1-11-6-5-7-22(10-11)15(18)9-13(16(23)20-4)21-14(17)8-12(2)19-3/h11,14,18H,5-10,17H2,1-4H3,(H,20,23). The first-order valence-corrected chi connectivity index (χ1v) is 8.16. The summed E-state index contributed by atoms with van der Waals surface area (Å²) in [7, 11) is 3.27. The molecule has 0 aromatic carbocycles. The maximum Gasteiger partial charge on any atom is 0.265 e. The molecule has 0 bridgehead atoms. The monoisotopic (exact) mass is 322 g/mol. The lowest BCUT2D eigenvalue weighted by Crippen LogP contribution is -2.41. The quantitative estimate of drug-likeness (QED) is 0.502. The molecule has 1 aliphatic rings. The van der Waals surface area contributed by atoms with Gasteiger partial charge in [0.15, 0.2) is 0 Å². The van der Waals surface area contributed by atoms with E-state index in [1.165, 1.54) is 6.42 Å². The van der Waals surface area contributed by atoms with Gasteiger partial charge >= 0.3 is 0 Å². The highest BCUT2D eigenvalue weighted by atomic mass is 16.1. The lowest BCUT2D eigenvalue weighted by molar-refractivity contribution is -0.114. The Morgan fingerprint density at radius 2 is 2.22 bits per heavy atom. The summed E-state index contributed by atoms with van der Waals surface area (Å²) >= 11 is 0. The van der Waals surface area contributed by atoms with E-state index in [9.17, 15) is 4.79 Å². The summed E-state index contributed by atoms with van der Waals surface area (Å²) in [5.41, 5.74) is 7.19. The molecular formula is C16H30N6O. The smallest absolute Gasteiger partial charge is 0.265 e. The van der Waals surface area contributed by atoms with Gasteiger partial charge in [0.25, 0.3) is 5.91 Å². The van der Waals surface area contributed by atoms with Crippen LogP contribution in [0.3, 0.4) is 0 Å². The molecule has 1 amide bonds. The number of amidine groups is 1. The van der Waals surface area contributed by atoms with E-state index in [2.05, 4.69) is 22.2 Å². The molecule has 23 heavy (non-hydrogen) atoms. The van der Waals surface area contributed by atoms with E-state index >= 15 is 0 Å². The van der Waals surface area contributed by atoms with Crippen LogP contribution in [0.4, 0.5) is 0 Å². The summed E-state index contributed by atoms with van der Waals surface area (Å²) in [5, 5.41) is 10.9. The van der Waals surface area contributed by atoms with Gasteiger partial charge in [0, 0.05) is 39.3 Å². The molecule has 2 unspecified atom stereocenters. The minimum atomic E-state index is -0.515. The number of hydrogen-bond donors (Lipinski definition) is 3. The molecule has 2 atom stereocenters. The lowest BCUT2D eigenvalue weighted by atomic mass is 9.99. The van der Waals surface area contributed by atoms with Crippen molar-refractivity contribution >= 4 is 23.2 Å². The van der Waals surface area contributed by atoms with E-state index in [1.54, 1.807) is 14.1 Å². The number of carbonyl (C=O) groups excluding carboxylic acids is 1. The minimum Gasteiger partial charge on any atom is -0.360 e. The number of nitrogens with zero attached hydrogens (tertiary/aromatic N) is 3. The first kappa shape index (κ1) is 19.3. The van der Waals surface area contributed by atoms with Crippen molar-refractivity contribution in [3.8, 4) is 0 Å². The number of hydrogen-bond acceptors (Lipinski definition) is 5. The average molecular weight is 322 g/mol. The fourth-order valence-corrected chi connectivity index (χ4v) is 2.67. The summed E-state index contributed by atoms with van der Waals surface area (Å²) < 4.78 is 0. The van der Waals surface area contributed by atoms with Crippen LogP contribution in [-0.4, -0.2) is 61.4 Å². The predicted molar refractivity (Wildman–Crippen MR) is 95.4 cm³/mol. The number of amides is 1. The van der Waals surface area contributed by atoms with Gasteiger partial charge in [-0.25, -0.2) is 0 Å². The van der Waals surface area contributed by atoms with Gasteiger partial charge in [-0.2, -0.15) is 0 Å². The van der Waals surface area contributed by atoms with Crippen LogP contribution in [-0.2, 0) is 4.79 Å². The Hall–Kier alpha value is -1.76. The minimum absolute atomic E-state index is 0.211. The normalized spacial score (nSPS) is 21.1. The Labute approximate surface area is 138 Å². The zero-order valence-electron chi connectivity index (χ0n) is 14.7. The van der Waals surface area contributed by atoms with Gasteiger partial charge in [0.05, 0.1) is 6.42 Å². The second-order valence-electron chi connectivity index (χ2n) is 6.20. The van der Waals surface area contributed by atoms with Crippen molar-refractivity contribution in [2.45, 2.75) is 45.7 Å². The van der Waals surface area contributed by atoms with Crippen LogP contribution in [0.2, 0.25) is 0 Å². The second-order valence-corrected chi connectivity index (χ2v) is 6.20. The molecule has 130 valence electrons. The molecule has 1 rings (SSSR count). The summed E-state index contributed by atoms with van der Waals surface area (Å²) in [6.45, 7) is 5.81. The number of piperidine rings is 1. The van der Waals surface area contributed by atoms with Gasteiger partial charge in [-0.15, -0.1) is 0 Å². The first-order chi connectivity index (χ1) is 10.9. The molecule has 1 heterocycles. The highest BCUT2D eigenvalue weighted by Gasteiger charge is 2.22. The summed E-state index contributed by atoms with van der Waals surface area (Å²) in [5.74, 6) is 0.739. The van der Waals surface area contributed by atoms with Gasteiger partial charge in [0.2, 0.25) is 0 Å². The second kappa shape index (κ2) is 9.39. The average Bonchev–Trinajstić information content (AvgIpc) is 2.53. The summed E-state index contributed by atoms with van der Waals surface area (Å²) in [6.07, 6.45) is 2.48. The van der Waals surface area contributed by atoms with E-state index in [0.717, 1.165) is 25.2 Å². The molecular weight excluding hydrogens is 292 g/mol. The highest BCUT2D eigenvalue weighted by Crippen LogP contribution is 2.16. The molecule has 1 saturated heterocycles. The van der Waals surface area contributed by atoms with Crippen molar-refractivity contribution in [1.29, 1.82) is 5.41 Å². The van der Waals surface area contributed by atoms with E-state index in [0.29, 0.717) is 23.9 Å². The van der Waals surface area contributed by atoms with Gasteiger partial charge in [-0.05, 0) is 25.7 Å². The third-order valence-electron chi connectivity index (χ3n) is 4.07. The van der Waals surface area contributed by atoms with E-state index in [4.69, 9.17) is 11.1 Å². The Morgan fingerprint density at radius 1 is 1.52 bits per heavy atom. The molecule has 0 spiro atoms. The van der Waals surface area contributed by atoms with Crippen LogP contribution >= 0.6 is 0 Å². The third kappa shape index (κ3) is 6.48. The maximum absolute atomic E-state index is 12.0. The zero-order chi connectivity index (χ0) is 17.4. The summed E-state index contributed by atoms with van der Waals surface area (Å²) in [6, 6.07) is 0. The molecule has 4 N–H and O–H groups in total. The predicted octanol–water partition coefficient (Wildman–Crippen LogP) is 1.04. The number of rotatable bonds is 6. The van der Waals surface area contributed by atoms with Crippen LogP contribution < -0.4 is 11.1 Å². The molecule has 1 aliphatic heterocycles. The number of likely N-dealkylation sites (tertiary alicyclic amines) is 1. The van der Waals surface area contributed by atoms with Gasteiger partial charge in [-0.3, -0.25) is 20.2 Å². The van der Waals surface area contributed by atoms with Crippen molar-refractivity contribution in [3.05, 3.63) is 0 Å². The van der Waals surface area contributed by atoms with Crippen LogP contribution in [0, 0.1) is 11.3 Å². The van der Waals surface area contributed by atoms with Crippen LogP contribution in [0.15, 0.2) is 9.98 Å². The van der Waals surface area contributed by atoms with Gasteiger partial charge < -0.3 is 16.0 Å². The Balaban J connectivity index is 2.77. The molecule has 0 aromatic heterocycles.